The summed E-state index contributed by atoms with van der Waals surface area (Å²) in [6.07, 6.45) is 2.34. The topological polar surface area (TPSA) is 51.7 Å². The van der Waals surface area contributed by atoms with Crippen LogP contribution in [0.1, 0.15) is 24.5 Å². The van der Waals surface area contributed by atoms with Gasteiger partial charge in [0.25, 0.3) is 0 Å². The molecule has 0 atom stereocenters. The molecular formula is C12H15N2O3. The smallest absolute Gasteiger partial charge is 0.219 e. The minimum absolute atomic E-state index is 0.0111. The predicted molar refractivity (Wildman–Crippen MR) is 59.9 cm³/mol. The molecule has 17 heavy (non-hydrogen) atoms. The van der Waals surface area contributed by atoms with E-state index < -0.39 is 6.29 Å². The van der Waals surface area contributed by atoms with E-state index in [2.05, 4.69) is 11.2 Å². The highest BCUT2D eigenvalue weighted by molar-refractivity contribution is 5.72. The third-order valence-electron chi connectivity index (χ3n) is 2.66. The summed E-state index contributed by atoms with van der Waals surface area (Å²) in [7, 11) is 1.75. The van der Waals surface area contributed by atoms with E-state index in [0.717, 1.165) is 5.56 Å². The third kappa shape index (κ3) is 2.81. The molecule has 1 aromatic rings. The summed E-state index contributed by atoms with van der Waals surface area (Å²) >= 11 is 0. The Kier molecular flexibility index (Phi) is 3.71. The first-order chi connectivity index (χ1) is 8.18. The van der Waals surface area contributed by atoms with Crippen molar-refractivity contribution >= 4 is 5.91 Å². The molecule has 0 aromatic carbocycles. The molecule has 1 aliphatic rings. The van der Waals surface area contributed by atoms with Crippen LogP contribution in [-0.2, 0) is 20.8 Å². The monoisotopic (exact) mass is 235 g/mol. The van der Waals surface area contributed by atoms with Crippen LogP contribution in [0.5, 0.6) is 0 Å². The molecule has 5 heteroatoms. The summed E-state index contributed by atoms with van der Waals surface area (Å²) in [5.74, 6) is 0.0111. The summed E-state index contributed by atoms with van der Waals surface area (Å²) in [5, 5.41) is 0. The summed E-state index contributed by atoms with van der Waals surface area (Å²) < 4.78 is 10.8. The number of amides is 1. The quantitative estimate of drug-likeness (QED) is 0.781. The van der Waals surface area contributed by atoms with Crippen LogP contribution in [0, 0.1) is 6.20 Å². The van der Waals surface area contributed by atoms with Crippen LogP contribution in [0.2, 0.25) is 0 Å². The Bertz CT molecular complexity index is 402. The molecule has 1 radical (unpaired) electrons. The van der Waals surface area contributed by atoms with Gasteiger partial charge in [-0.1, -0.05) is 6.07 Å². The van der Waals surface area contributed by atoms with Gasteiger partial charge in [0.15, 0.2) is 0 Å². The summed E-state index contributed by atoms with van der Waals surface area (Å²) in [6.45, 7) is 3.17. The Hall–Kier alpha value is -1.46. The van der Waals surface area contributed by atoms with Gasteiger partial charge in [0, 0.05) is 20.5 Å². The molecule has 1 aromatic heterocycles. The number of aromatic nitrogens is 1. The highest BCUT2D eigenvalue weighted by atomic mass is 16.7. The Labute approximate surface area is 100 Å². The molecule has 1 aliphatic heterocycles. The summed E-state index contributed by atoms with van der Waals surface area (Å²) in [4.78, 5) is 17.0. The van der Waals surface area contributed by atoms with Gasteiger partial charge >= 0.3 is 0 Å². The highest BCUT2D eigenvalue weighted by Crippen LogP contribution is 2.24. The van der Waals surface area contributed by atoms with Gasteiger partial charge in [-0.3, -0.25) is 4.79 Å². The van der Waals surface area contributed by atoms with E-state index >= 15 is 0 Å². The third-order valence-corrected chi connectivity index (χ3v) is 2.66. The van der Waals surface area contributed by atoms with Gasteiger partial charge in [-0.25, -0.2) is 4.98 Å². The van der Waals surface area contributed by atoms with Crippen molar-refractivity contribution in [3.8, 4) is 0 Å². The van der Waals surface area contributed by atoms with E-state index in [1.54, 1.807) is 18.0 Å². The molecule has 0 spiro atoms. The van der Waals surface area contributed by atoms with Crippen molar-refractivity contribution in [2.24, 2.45) is 0 Å². The molecule has 1 fully saturated rings. The van der Waals surface area contributed by atoms with Crippen LogP contribution in [-0.4, -0.2) is 36.1 Å². The molecule has 0 unspecified atom stereocenters. The van der Waals surface area contributed by atoms with Gasteiger partial charge in [0.1, 0.15) is 5.69 Å². The maximum atomic E-state index is 11.2. The molecule has 0 bridgehead atoms. The number of carbonyl (C=O) groups is 1. The van der Waals surface area contributed by atoms with Crippen LogP contribution >= 0.6 is 0 Å². The van der Waals surface area contributed by atoms with Gasteiger partial charge in [-0.15, -0.1) is 0 Å². The van der Waals surface area contributed by atoms with E-state index in [1.807, 2.05) is 6.07 Å². The maximum Gasteiger partial charge on any atom is 0.219 e. The first-order valence-electron chi connectivity index (χ1n) is 5.49. The summed E-state index contributed by atoms with van der Waals surface area (Å²) in [6, 6.07) is 3.61. The molecule has 2 rings (SSSR count). The number of hydrogen-bond donors (Lipinski definition) is 0. The highest BCUT2D eigenvalue weighted by Gasteiger charge is 2.23. The first kappa shape index (κ1) is 12.0. The van der Waals surface area contributed by atoms with Crippen LogP contribution < -0.4 is 0 Å². The standard InChI is InChI=1S/C12H15N2O3/c1-9(15)14(2)8-10-4-3-5-13-11(10)12-16-6-7-17-12/h3-4,12H,6-8H2,1-2H3. The van der Waals surface area contributed by atoms with E-state index in [0.29, 0.717) is 25.5 Å². The molecule has 0 aliphatic carbocycles. The number of nitrogens with zero attached hydrogens (tertiary/aromatic N) is 2. The molecule has 2 heterocycles. The fraction of sp³-hybridized carbons (Fsp3) is 0.500. The van der Waals surface area contributed by atoms with Crippen molar-refractivity contribution < 1.29 is 14.3 Å². The Morgan fingerprint density at radius 2 is 2.29 bits per heavy atom. The van der Waals surface area contributed by atoms with Crippen LogP contribution in [0.4, 0.5) is 0 Å². The largest absolute Gasteiger partial charge is 0.345 e. The van der Waals surface area contributed by atoms with E-state index in [9.17, 15) is 4.79 Å². The number of rotatable bonds is 3. The number of hydrogen-bond acceptors (Lipinski definition) is 4. The van der Waals surface area contributed by atoms with Gasteiger partial charge in [0.2, 0.25) is 12.2 Å². The maximum absolute atomic E-state index is 11.2. The molecule has 0 N–H and O–H groups in total. The van der Waals surface area contributed by atoms with Crippen molar-refractivity contribution in [1.29, 1.82) is 0 Å². The predicted octanol–water partition coefficient (Wildman–Crippen LogP) is 0.905. The first-order valence-corrected chi connectivity index (χ1v) is 5.49. The lowest BCUT2D eigenvalue weighted by Gasteiger charge is -2.18. The minimum atomic E-state index is -0.428. The van der Waals surface area contributed by atoms with Crippen molar-refractivity contribution in [3.05, 3.63) is 29.6 Å². The molecule has 1 saturated heterocycles. The van der Waals surface area contributed by atoms with E-state index in [4.69, 9.17) is 9.47 Å². The van der Waals surface area contributed by atoms with E-state index in [1.165, 1.54) is 6.92 Å². The van der Waals surface area contributed by atoms with Crippen molar-refractivity contribution in [3.63, 3.8) is 0 Å². The van der Waals surface area contributed by atoms with Gasteiger partial charge in [-0.05, 0) is 11.6 Å². The van der Waals surface area contributed by atoms with Crippen molar-refractivity contribution in [1.82, 2.24) is 9.88 Å². The zero-order valence-corrected chi connectivity index (χ0v) is 9.97. The Morgan fingerprint density at radius 1 is 1.59 bits per heavy atom. The van der Waals surface area contributed by atoms with Crippen LogP contribution in [0.25, 0.3) is 0 Å². The lowest BCUT2D eigenvalue weighted by Crippen LogP contribution is -2.24. The Balaban J connectivity index is 2.18. The Morgan fingerprint density at radius 3 is 2.94 bits per heavy atom. The average molecular weight is 235 g/mol. The van der Waals surface area contributed by atoms with Gasteiger partial charge in [0.05, 0.1) is 19.4 Å². The zero-order chi connectivity index (χ0) is 12.3. The normalized spacial score (nSPS) is 16.1. The zero-order valence-electron chi connectivity index (χ0n) is 9.97. The second kappa shape index (κ2) is 5.25. The SMILES string of the molecule is CC(=O)N(C)Cc1cc[c]nc1C1OCCO1. The van der Waals surface area contributed by atoms with Crippen LogP contribution in [0.15, 0.2) is 12.1 Å². The van der Waals surface area contributed by atoms with E-state index in [-0.39, 0.29) is 5.91 Å². The fourth-order valence-corrected chi connectivity index (χ4v) is 1.62. The number of carbonyl (C=O) groups excluding carboxylic acids is 1. The number of ether oxygens (including phenoxy) is 2. The van der Waals surface area contributed by atoms with Gasteiger partial charge < -0.3 is 14.4 Å². The molecule has 0 saturated carbocycles. The molecule has 5 nitrogen and oxygen atoms in total. The average Bonchev–Trinajstić information content (AvgIpc) is 2.83. The lowest BCUT2D eigenvalue weighted by atomic mass is 10.1. The number of pyridine rings is 1. The second-order valence-corrected chi connectivity index (χ2v) is 3.93. The van der Waals surface area contributed by atoms with Gasteiger partial charge in [-0.2, -0.15) is 0 Å². The van der Waals surface area contributed by atoms with Crippen molar-refractivity contribution in [2.75, 3.05) is 20.3 Å². The molecule has 91 valence electrons. The van der Waals surface area contributed by atoms with Crippen molar-refractivity contribution in [2.45, 2.75) is 19.8 Å². The second-order valence-electron chi connectivity index (χ2n) is 3.93. The molecule has 1 amide bonds. The van der Waals surface area contributed by atoms with Crippen LogP contribution in [0.3, 0.4) is 0 Å². The minimum Gasteiger partial charge on any atom is -0.345 e. The summed E-state index contributed by atoms with van der Waals surface area (Å²) in [5.41, 5.74) is 1.63. The fourth-order valence-electron chi connectivity index (χ4n) is 1.62. The molecular weight excluding hydrogens is 220 g/mol. The lowest BCUT2D eigenvalue weighted by molar-refractivity contribution is -0.128.